The SMILES string of the molecule is CC(C)C(C(=O)Nc1ccc(Sc2nncn2C)cc1)N1C(=O)c2ccccc2C1=O. The average molecular weight is 436 g/mol. The molecular weight excluding hydrogens is 414 g/mol. The lowest BCUT2D eigenvalue weighted by atomic mass is 10.0. The first kappa shape index (κ1) is 20.8. The molecule has 3 amide bonds. The summed E-state index contributed by atoms with van der Waals surface area (Å²) in [6.07, 6.45) is 1.63. The largest absolute Gasteiger partial charge is 0.324 e. The third kappa shape index (κ3) is 3.96. The summed E-state index contributed by atoms with van der Waals surface area (Å²) in [5.41, 5.74) is 1.24. The second-order valence-electron chi connectivity index (χ2n) is 7.55. The van der Waals surface area contributed by atoms with Gasteiger partial charge < -0.3 is 9.88 Å². The summed E-state index contributed by atoms with van der Waals surface area (Å²) in [6, 6.07) is 13.0. The Morgan fingerprint density at radius 1 is 1.00 bits per heavy atom. The first-order valence-electron chi connectivity index (χ1n) is 9.76. The van der Waals surface area contributed by atoms with Crippen molar-refractivity contribution in [2.24, 2.45) is 13.0 Å². The van der Waals surface area contributed by atoms with Gasteiger partial charge in [-0.2, -0.15) is 0 Å². The van der Waals surface area contributed by atoms with Gasteiger partial charge in [0.1, 0.15) is 12.4 Å². The van der Waals surface area contributed by atoms with E-state index in [0.29, 0.717) is 16.8 Å². The monoisotopic (exact) mass is 435 g/mol. The van der Waals surface area contributed by atoms with Crippen LogP contribution in [0, 0.1) is 5.92 Å². The van der Waals surface area contributed by atoms with E-state index in [9.17, 15) is 14.4 Å². The maximum atomic E-state index is 13.1. The van der Waals surface area contributed by atoms with Gasteiger partial charge in [-0.15, -0.1) is 10.2 Å². The van der Waals surface area contributed by atoms with Crippen LogP contribution in [0.2, 0.25) is 0 Å². The van der Waals surface area contributed by atoms with Crippen LogP contribution in [0.25, 0.3) is 0 Å². The Morgan fingerprint density at radius 2 is 1.61 bits per heavy atom. The summed E-state index contributed by atoms with van der Waals surface area (Å²) in [7, 11) is 1.86. The van der Waals surface area contributed by atoms with E-state index in [1.807, 2.05) is 37.6 Å². The van der Waals surface area contributed by atoms with Crippen molar-refractivity contribution < 1.29 is 14.4 Å². The zero-order chi connectivity index (χ0) is 22.1. The number of aromatic nitrogens is 3. The van der Waals surface area contributed by atoms with Gasteiger partial charge in [-0.05, 0) is 54.1 Å². The van der Waals surface area contributed by atoms with Gasteiger partial charge in [0.2, 0.25) is 5.91 Å². The molecular formula is C22H21N5O3S. The minimum atomic E-state index is -0.917. The van der Waals surface area contributed by atoms with Crippen molar-refractivity contribution in [3.8, 4) is 0 Å². The van der Waals surface area contributed by atoms with Crippen LogP contribution in [0.5, 0.6) is 0 Å². The van der Waals surface area contributed by atoms with E-state index in [-0.39, 0.29) is 5.92 Å². The van der Waals surface area contributed by atoms with Crippen LogP contribution in [-0.2, 0) is 11.8 Å². The molecule has 1 aliphatic heterocycles. The van der Waals surface area contributed by atoms with E-state index in [1.54, 1.807) is 42.7 Å². The number of imide groups is 1. The second-order valence-corrected chi connectivity index (χ2v) is 8.60. The molecule has 1 atom stereocenters. The standard InChI is InChI=1S/C22H21N5O3S/c1-13(2)18(27-20(29)16-6-4-5-7-17(16)21(27)30)19(28)24-14-8-10-15(11-9-14)31-22-25-23-12-26(22)3/h4-13,18H,1-3H3,(H,24,28). The lowest BCUT2D eigenvalue weighted by molar-refractivity contribution is -0.121. The van der Waals surface area contributed by atoms with E-state index in [1.165, 1.54) is 11.8 Å². The molecule has 0 fully saturated rings. The summed E-state index contributed by atoms with van der Waals surface area (Å²) < 4.78 is 1.82. The fourth-order valence-corrected chi connectivity index (χ4v) is 4.23. The normalized spacial score (nSPS) is 14.1. The first-order chi connectivity index (χ1) is 14.9. The Labute approximate surface area is 183 Å². The van der Waals surface area contributed by atoms with E-state index < -0.39 is 23.8 Å². The molecule has 1 aliphatic rings. The van der Waals surface area contributed by atoms with Gasteiger partial charge in [0.05, 0.1) is 11.1 Å². The fraction of sp³-hybridized carbons (Fsp3) is 0.227. The minimum absolute atomic E-state index is 0.257. The molecule has 2 heterocycles. The number of hydrogen-bond acceptors (Lipinski definition) is 6. The molecule has 0 aliphatic carbocycles. The number of fused-ring (bicyclic) bond motifs is 1. The van der Waals surface area contributed by atoms with Gasteiger partial charge in [-0.3, -0.25) is 19.3 Å². The molecule has 0 saturated heterocycles. The molecule has 8 nitrogen and oxygen atoms in total. The number of anilines is 1. The molecule has 1 N–H and O–H groups in total. The molecule has 3 aromatic rings. The number of benzene rings is 2. The Morgan fingerprint density at radius 3 is 2.13 bits per heavy atom. The van der Waals surface area contributed by atoms with Crippen LogP contribution in [0.1, 0.15) is 34.6 Å². The maximum absolute atomic E-state index is 13.1. The molecule has 0 spiro atoms. The number of nitrogens with zero attached hydrogens (tertiary/aromatic N) is 4. The van der Waals surface area contributed by atoms with E-state index >= 15 is 0 Å². The molecule has 9 heteroatoms. The van der Waals surface area contributed by atoms with Crippen molar-refractivity contribution in [3.05, 3.63) is 66.0 Å². The molecule has 4 rings (SSSR count). The highest BCUT2D eigenvalue weighted by molar-refractivity contribution is 7.99. The van der Waals surface area contributed by atoms with Crippen molar-refractivity contribution >= 4 is 35.2 Å². The van der Waals surface area contributed by atoms with Gasteiger partial charge in [0.15, 0.2) is 5.16 Å². The molecule has 1 unspecified atom stereocenters. The highest BCUT2D eigenvalue weighted by Gasteiger charge is 2.43. The number of hydrogen-bond donors (Lipinski definition) is 1. The summed E-state index contributed by atoms with van der Waals surface area (Å²) in [5.74, 6) is -1.54. The molecule has 31 heavy (non-hydrogen) atoms. The summed E-state index contributed by atoms with van der Waals surface area (Å²) in [4.78, 5) is 40.8. The third-order valence-corrected chi connectivity index (χ3v) is 6.06. The lowest BCUT2D eigenvalue weighted by Gasteiger charge is -2.28. The molecule has 0 radical (unpaired) electrons. The van der Waals surface area contributed by atoms with Crippen LogP contribution < -0.4 is 5.32 Å². The zero-order valence-electron chi connectivity index (χ0n) is 17.3. The van der Waals surface area contributed by atoms with E-state index in [0.717, 1.165) is 15.0 Å². The zero-order valence-corrected chi connectivity index (χ0v) is 18.1. The number of amides is 3. The van der Waals surface area contributed by atoms with Crippen LogP contribution in [0.3, 0.4) is 0 Å². The number of rotatable bonds is 6. The molecule has 0 bridgehead atoms. The molecule has 2 aromatic carbocycles. The Balaban J connectivity index is 1.50. The Bertz CT molecular complexity index is 1120. The van der Waals surface area contributed by atoms with Gasteiger partial charge in [0.25, 0.3) is 11.8 Å². The van der Waals surface area contributed by atoms with Crippen LogP contribution in [0.15, 0.2) is 64.9 Å². The first-order valence-corrected chi connectivity index (χ1v) is 10.6. The van der Waals surface area contributed by atoms with E-state index in [2.05, 4.69) is 15.5 Å². The van der Waals surface area contributed by atoms with Crippen molar-refractivity contribution in [1.29, 1.82) is 0 Å². The summed E-state index contributed by atoms with van der Waals surface area (Å²) in [5, 5.41) is 11.5. The highest BCUT2D eigenvalue weighted by Crippen LogP contribution is 2.29. The van der Waals surface area contributed by atoms with Gasteiger partial charge >= 0.3 is 0 Å². The summed E-state index contributed by atoms with van der Waals surface area (Å²) in [6.45, 7) is 3.63. The number of carbonyl (C=O) groups excluding carboxylic acids is 3. The van der Waals surface area contributed by atoms with Crippen molar-refractivity contribution in [2.75, 3.05) is 5.32 Å². The highest BCUT2D eigenvalue weighted by atomic mass is 32.2. The number of carbonyl (C=O) groups is 3. The van der Waals surface area contributed by atoms with Crippen molar-refractivity contribution in [3.63, 3.8) is 0 Å². The Hall–Kier alpha value is -3.46. The van der Waals surface area contributed by atoms with Crippen LogP contribution in [0.4, 0.5) is 5.69 Å². The predicted molar refractivity (Wildman–Crippen MR) is 116 cm³/mol. The third-order valence-electron chi connectivity index (χ3n) is 5.00. The van der Waals surface area contributed by atoms with Gasteiger partial charge in [0, 0.05) is 17.6 Å². The number of nitrogens with one attached hydrogen (secondary N) is 1. The topological polar surface area (TPSA) is 97.2 Å². The van der Waals surface area contributed by atoms with Gasteiger partial charge in [-0.1, -0.05) is 26.0 Å². The molecule has 1 aromatic heterocycles. The van der Waals surface area contributed by atoms with Crippen molar-refractivity contribution in [2.45, 2.75) is 29.9 Å². The van der Waals surface area contributed by atoms with E-state index in [4.69, 9.17) is 0 Å². The second kappa shape index (κ2) is 8.35. The smallest absolute Gasteiger partial charge is 0.262 e. The van der Waals surface area contributed by atoms with Gasteiger partial charge in [-0.25, -0.2) is 0 Å². The van der Waals surface area contributed by atoms with Crippen molar-refractivity contribution in [1.82, 2.24) is 19.7 Å². The quantitative estimate of drug-likeness (QED) is 0.597. The molecule has 0 saturated carbocycles. The maximum Gasteiger partial charge on any atom is 0.262 e. The lowest BCUT2D eigenvalue weighted by Crippen LogP contribution is -2.50. The average Bonchev–Trinajstić information content (AvgIpc) is 3.26. The number of aryl methyl sites for hydroxylation is 1. The predicted octanol–water partition coefficient (Wildman–Crippen LogP) is 3.23. The van der Waals surface area contributed by atoms with Crippen LogP contribution in [-0.4, -0.2) is 43.4 Å². The summed E-state index contributed by atoms with van der Waals surface area (Å²) >= 11 is 1.45. The van der Waals surface area contributed by atoms with Crippen LogP contribution >= 0.6 is 11.8 Å². The fourth-order valence-electron chi connectivity index (χ4n) is 3.47. The Kier molecular flexibility index (Phi) is 5.60. The molecule has 158 valence electrons. The minimum Gasteiger partial charge on any atom is -0.324 e.